The summed E-state index contributed by atoms with van der Waals surface area (Å²) >= 11 is 5.65. The summed E-state index contributed by atoms with van der Waals surface area (Å²) in [4.78, 5) is 23.2. The van der Waals surface area contributed by atoms with Crippen molar-refractivity contribution in [1.82, 2.24) is 5.32 Å². The fourth-order valence-corrected chi connectivity index (χ4v) is 2.70. The number of ether oxygens (including phenoxy) is 1. The molecule has 2 rings (SSSR count). The van der Waals surface area contributed by atoms with E-state index in [2.05, 4.69) is 11.4 Å². The topological polar surface area (TPSA) is 55.4 Å². The highest BCUT2D eigenvalue weighted by Gasteiger charge is 2.07. The maximum Gasteiger partial charge on any atom is 0.331 e. The number of hydrogen-bond donors (Lipinski definition) is 1. The molecule has 0 radical (unpaired) electrons. The Morgan fingerprint density at radius 2 is 2.16 bits per heavy atom. The van der Waals surface area contributed by atoms with Crippen LogP contribution in [0.3, 0.4) is 0 Å². The Morgan fingerprint density at radius 1 is 1.32 bits per heavy atom. The van der Waals surface area contributed by atoms with Gasteiger partial charge < -0.3 is 10.1 Å². The second-order valence-electron chi connectivity index (χ2n) is 5.82. The SMILES string of the molecule is O=C(COC(=O)/C=C/c1ccc(F)c(Cl)c1)NCCC1=CCCCC1. The molecule has 6 heteroatoms. The van der Waals surface area contributed by atoms with Gasteiger partial charge in [-0.05, 0) is 55.9 Å². The molecule has 1 aromatic rings. The smallest absolute Gasteiger partial charge is 0.331 e. The van der Waals surface area contributed by atoms with Crippen molar-refractivity contribution in [2.45, 2.75) is 32.1 Å². The minimum atomic E-state index is -0.648. The van der Waals surface area contributed by atoms with Gasteiger partial charge in [0.1, 0.15) is 5.82 Å². The van der Waals surface area contributed by atoms with Crippen LogP contribution in [-0.2, 0) is 14.3 Å². The van der Waals surface area contributed by atoms with Crippen LogP contribution in [-0.4, -0.2) is 25.0 Å². The minimum Gasteiger partial charge on any atom is -0.452 e. The van der Waals surface area contributed by atoms with Gasteiger partial charge in [0.15, 0.2) is 6.61 Å². The average molecular weight is 366 g/mol. The Labute approximate surface area is 151 Å². The quantitative estimate of drug-likeness (QED) is 0.450. The lowest BCUT2D eigenvalue weighted by Crippen LogP contribution is -2.29. The Morgan fingerprint density at radius 3 is 2.88 bits per heavy atom. The molecule has 1 aromatic carbocycles. The number of carbonyl (C=O) groups is 2. The number of halogens is 2. The van der Waals surface area contributed by atoms with E-state index in [4.69, 9.17) is 16.3 Å². The predicted molar refractivity (Wildman–Crippen MR) is 95.6 cm³/mol. The second kappa shape index (κ2) is 9.99. The second-order valence-corrected chi connectivity index (χ2v) is 6.23. The van der Waals surface area contributed by atoms with Crippen LogP contribution in [0.15, 0.2) is 35.9 Å². The van der Waals surface area contributed by atoms with Gasteiger partial charge in [-0.3, -0.25) is 4.79 Å². The van der Waals surface area contributed by atoms with Crippen LogP contribution >= 0.6 is 11.6 Å². The van der Waals surface area contributed by atoms with Gasteiger partial charge in [0.05, 0.1) is 5.02 Å². The van der Waals surface area contributed by atoms with E-state index < -0.39 is 11.8 Å². The normalized spacial score (nSPS) is 14.2. The van der Waals surface area contributed by atoms with Gasteiger partial charge >= 0.3 is 5.97 Å². The summed E-state index contributed by atoms with van der Waals surface area (Å²) in [6.45, 7) is 0.221. The van der Waals surface area contributed by atoms with Crippen LogP contribution < -0.4 is 5.32 Å². The number of nitrogens with one attached hydrogen (secondary N) is 1. The van der Waals surface area contributed by atoms with E-state index >= 15 is 0 Å². The number of allylic oxidation sites excluding steroid dienone is 1. The van der Waals surface area contributed by atoms with E-state index in [1.165, 1.54) is 48.8 Å². The van der Waals surface area contributed by atoms with Crippen molar-refractivity contribution in [2.75, 3.05) is 13.2 Å². The molecule has 0 spiro atoms. The fraction of sp³-hybridized carbons (Fsp3) is 0.368. The molecule has 1 aliphatic rings. The molecule has 134 valence electrons. The van der Waals surface area contributed by atoms with Crippen LogP contribution in [0.4, 0.5) is 4.39 Å². The van der Waals surface area contributed by atoms with Gasteiger partial charge in [0, 0.05) is 12.6 Å². The van der Waals surface area contributed by atoms with Gasteiger partial charge in [0.25, 0.3) is 5.91 Å². The summed E-state index contributed by atoms with van der Waals surface area (Å²) in [6, 6.07) is 4.09. The molecule has 4 nitrogen and oxygen atoms in total. The Hall–Kier alpha value is -2.14. The van der Waals surface area contributed by atoms with Crippen molar-refractivity contribution in [3.05, 3.63) is 52.3 Å². The molecule has 0 saturated heterocycles. The highest BCUT2D eigenvalue weighted by Crippen LogP contribution is 2.19. The summed E-state index contributed by atoms with van der Waals surface area (Å²) in [5.74, 6) is -1.50. The minimum absolute atomic E-state index is 0.0250. The first-order valence-electron chi connectivity index (χ1n) is 8.29. The van der Waals surface area contributed by atoms with Gasteiger partial charge in [-0.1, -0.05) is 29.3 Å². The lowest BCUT2D eigenvalue weighted by Gasteiger charge is -2.12. The molecule has 0 fully saturated rings. The van der Waals surface area contributed by atoms with E-state index in [1.807, 2.05) is 0 Å². The van der Waals surface area contributed by atoms with E-state index in [0.717, 1.165) is 19.3 Å². The summed E-state index contributed by atoms with van der Waals surface area (Å²) in [5, 5.41) is 2.71. The van der Waals surface area contributed by atoms with Crippen LogP contribution in [0.5, 0.6) is 0 Å². The van der Waals surface area contributed by atoms with Gasteiger partial charge in [-0.15, -0.1) is 0 Å². The van der Waals surface area contributed by atoms with Crippen LogP contribution in [0, 0.1) is 5.82 Å². The zero-order chi connectivity index (χ0) is 18.1. The number of amides is 1. The fourth-order valence-electron chi connectivity index (χ4n) is 2.51. The summed E-state index contributed by atoms with van der Waals surface area (Å²) in [6.07, 6.45) is 10.4. The Kier molecular flexibility index (Phi) is 7.67. The first kappa shape index (κ1) is 19.2. The largest absolute Gasteiger partial charge is 0.452 e. The summed E-state index contributed by atoms with van der Waals surface area (Å²) < 4.78 is 17.9. The first-order chi connectivity index (χ1) is 12.0. The highest BCUT2D eigenvalue weighted by atomic mass is 35.5. The molecular formula is C19H21ClFNO3. The third-order valence-electron chi connectivity index (χ3n) is 3.85. The van der Waals surface area contributed by atoms with Gasteiger partial charge in [0.2, 0.25) is 0 Å². The molecule has 25 heavy (non-hydrogen) atoms. The van der Waals surface area contributed by atoms with Crippen molar-refractivity contribution in [3.63, 3.8) is 0 Å². The first-order valence-corrected chi connectivity index (χ1v) is 8.67. The van der Waals surface area contributed by atoms with Crippen LogP contribution in [0.25, 0.3) is 6.08 Å². The molecule has 0 heterocycles. The van der Waals surface area contributed by atoms with E-state index in [1.54, 1.807) is 0 Å². The van der Waals surface area contributed by atoms with E-state index in [9.17, 15) is 14.0 Å². The molecule has 0 unspecified atom stereocenters. The van der Waals surface area contributed by atoms with Crippen molar-refractivity contribution in [1.29, 1.82) is 0 Å². The zero-order valence-corrected chi connectivity index (χ0v) is 14.7. The van der Waals surface area contributed by atoms with Crippen molar-refractivity contribution >= 4 is 29.6 Å². The van der Waals surface area contributed by atoms with Crippen LogP contribution in [0.1, 0.15) is 37.7 Å². The summed E-state index contributed by atoms with van der Waals surface area (Å²) in [5.41, 5.74) is 1.94. The molecule has 0 bridgehead atoms. The maximum atomic E-state index is 13.0. The zero-order valence-electron chi connectivity index (χ0n) is 13.9. The maximum absolute atomic E-state index is 13.0. The van der Waals surface area contributed by atoms with Crippen LogP contribution in [0.2, 0.25) is 5.02 Å². The van der Waals surface area contributed by atoms with Crippen molar-refractivity contribution < 1.29 is 18.7 Å². The predicted octanol–water partition coefficient (Wildman–Crippen LogP) is 4.04. The third kappa shape index (κ3) is 7.10. The number of esters is 1. The Bertz CT molecular complexity index is 685. The van der Waals surface area contributed by atoms with E-state index in [-0.39, 0.29) is 17.5 Å². The van der Waals surface area contributed by atoms with Crippen molar-refractivity contribution in [2.24, 2.45) is 0 Å². The molecule has 1 amide bonds. The standard InChI is InChI=1S/C19H21ClFNO3/c20-16-12-15(6-8-17(16)21)7-9-19(24)25-13-18(23)22-11-10-14-4-2-1-3-5-14/h4,6-9,12H,1-3,5,10-11,13H2,(H,22,23)/b9-7+. The molecule has 1 N–H and O–H groups in total. The number of carbonyl (C=O) groups excluding carboxylic acids is 2. The lowest BCUT2D eigenvalue weighted by atomic mass is 9.97. The van der Waals surface area contributed by atoms with Crippen molar-refractivity contribution in [3.8, 4) is 0 Å². The average Bonchev–Trinajstić information content (AvgIpc) is 2.62. The number of rotatable bonds is 7. The highest BCUT2D eigenvalue weighted by molar-refractivity contribution is 6.30. The Balaban J connectivity index is 1.66. The molecular weight excluding hydrogens is 345 g/mol. The van der Waals surface area contributed by atoms with Gasteiger partial charge in [-0.25, -0.2) is 9.18 Å². The monoisotopic (exact) mass is 365 g/mol. The lowest BCUT2D eigenvalue weighted by molar-refractivity contribution is -0.143. The molecule has 0 saturated carbocycles. The summed E-state index contributed by atoms with van der Waals surface area (Å²) in [7, 11) is 0. The van der Waals surface area contributed by atoms with E-state index in [0.29, 0.717) is 12.1 Å². The van der Waals surface area contributed by atoms with Gasteiger partial charge in [-0.2, -0.15) is 0 Å². The molecule has 0 atom stereocenters. The third-order valence-corrected chi connectivity index (χ3v) is 4.14. The molecule has 0 aliphatic heterocycles. The number of hydrogen-bond acceptors (Lipinski definition) is 3. The molecule has 0 aromatic heterocycles. The molecule has 1 aliphatic carbocycles. The number of benzene rings is 1.